The molecule has 19 heavy (non-hydrogen) atoms. The van der Waals surface area contributed by atoms with Crippen LogP contribution in [0.5, 0.6) is 0 Å². The van der Waals surface area contributed by atoms with Gasteiger partial charge in [0.2, 0.25) is 5.91 Å². The summed E-state index contributed by atoms with van der Waals surface area (Å²) in [4.78, 5) is 16.5. The van der Waals surface area contributed by atoms with Crippen LogP contribution in [0.3, 0.4) is 0 Å². The summed E-state index contributed by atoms with van der Waals surface area (Å²) < 4.78 is 0. The summed E-state index contributed by atoms with van der Waals surface area (Å²) in [5.41, 5.74) is 5.86. The zero-order valence-corrected chi connectivity index (χ0v) is 12.9. The van der Waals surface area contributed by atoms with Crippen LogP contribution in [0, 0.1) is 5.92 Å². The van der Waals surface area contributed by atoms with Gasteiger partial charge in [-0.05, 0) is 32.2 Å². The van der Waals surface area contributed by atoms with Gasteiger partial charge >= 0.3 is 0 Å². The lowest BCUT2D eigenvalue weighted by Crippen LogP contribution is -2.45. The molecule has 0 spiro atoms. The fraction of sp³-hybridized carbons (Fsp3) is 0.933. The molecule has 0 aliphatic carbocycles. The first-order valence-electron chi connectivity index (χ1n) is 7.76. The van der Waals surface area contributed by atoms with E-state index in [1.54, 1.807) is 0 Å². The highest BCUT2D eigenvalue weighted by molar-refractivity contribution is 5.76. The smallest absolute Gasteiger partial charge is 0.224 e. The molecule has 0 aromatic carbocycles. The Balaban J connectivity index is 2.43. The molecule has 2 unspecified atom stereocenters. The zero-order chi connectivity index (χ0) is 14.3. The van der Waals surface area contributed by atoms with Gasteiger partial charge in [-0.15, -0.1) is 0 Å². The number of carbonyl (C=O) groups is 1. The number of amides is 1. The monoisotopic (exact) mass is 269 g/mol. The molecule has 2 atom stereocenters. The minimum Gasteiger partial charge on any atom is -0.343 e. The predicted molar refractivity (Wildman–Crippen MR) is 80.0 cm³/mol. The van der Waals surface area contributed by atoms with E-state index in [1.165, 1.54) is 12.8 Å². The van der Waals surface area contributed by atoms with Crippen LogP contribution in [-0.4, -0.2) is 55.0 Å². The number of piperidine rings is 1. The van der Waals surface area contributed by atoms with Crippen LogP contribution < -0.4 is 5.73 Å². The molecule has 1 aliphatic heterocycles. The van der Waals surface area contributed by atoms with Gasteiger partial charge in [0.1, 0.15) is 0 Å². The lowest BCUT2D eigenvalue weighted by atomic mass is 10.1. The lowest BCUT2D eigenvalue weighted by Gasteiger charge is -2.32. The minimum atomic E-state index is 0.184. The van der Waals surface area contributed by atoms with Crippen molar-refractivity contribution in [3.63, 3.8) is 0 Å². The normalized spacial score (nSPS) is 19.5. The van der Waals surface area contributed by atoms with E-state index < -0.39 is 0 Å². The molecule has 2 N–H and O–H groups in total. The van der Waals surface area contributed by atoms with E-state index in [9.17, 15) is 4.79 Å². The van der Waals surface area contributed by atoms with Gasteiger partial charge in [0.25, 0.3) is 0 Å². The Morgan fingerprint density at radius 3 is 2.47 bits per heavy atom. The summed E-state index contributed by atoms with van der Waals surface area (Å²) in [5.74, 6) is 0.940. The van der Waals surface area contributed by atoms with E-state index >= 15 is 0 Å². The molecule has 4 heteroatoms. The second-order valence-corrected chi connectivity index (χ2v) is 5.99. The van der Waals surface area contributed by atoms with Crippen molar-refractivity contribution in [2.75, 3.05) is 33.2 Å². The number of hydrogen-bond acceptors (Lipinski definition) is 3. The molecule has 1 saturated heterocycles. The van der Waals surface area contributed by atoms with Crippen molar-refractivity contribution in [2.45, 2.75) is 52.0 Å². The standard InChI is InChI=1S/C15H31N3O/c1-4-13(2)12-17(3)14(11-16)10-15(19)18-8-6-5-7-9-18/h13-14H,4-12,16H2,1-3H3. The van der Waals surface area contributed by atoms with Crippen LogP contribution in [-0.2, 0) is 4.79 Å². The van der Waals surface area contributed by atoms with Crippen LogP contribution in [0.1, 0.15) is 46.0 Å². The van der Waals surface area contributed by atoms with E-state index in [0.717, 1.165) is 32.5 Å². The first-order valence-corrected chi connectivity index (χ1v) is 7.76. The Bertz CT molecular complexity index is 264. The summed E-state index contributed by atoms with van der Waals surface area (Å²) in [6.45, 7) is 7.90. The topological polar surface area (TPSA) is 49.6 Å². The third-order valence-corrected chi connectivity index (χ3v) is 4.31. The summed E-state index contributed by atoms with van der Waals surface area (Å²) in [7, 11) is 2.09. The molecule has 1 heterocycles. The van der Waals surface area contributed by atoms with Crippen molar-refractivity contribution < 1.29 is 4.79 Å². The third kappa shape index (κ3) is 5.49. The van der Waals surface area contributed by atoms with E-state index in [1.807, 2.05) is 4.90 Å². The maximum atomic E-state index is 12.3. The maximum Gasteiger partial charge on any atom is 0.224 e. The quantitative estimate of drug-likeness (QED) is 0.765. The SMILES string of the molecule is CCC(C)CN(C)C(CN)CC(=O)N1CCCCC1. The van der Waals surface area contributed by atoms with Crippen molar-refractivity contribution in [2.24, 2.45) is 11.7 Å². The Morgan fingerprint density at radius 2 is 1.95 bits per heavy atom. The Labute approximate surface area is 118 Å². The zero-order valence-electron chi connectivity index (χ0n) is 12.9. The largest absolute Gasteiger partial charge is 0.343 e. The van der Waals surface area contributed by atoms with Gasteiger partial charge in [0.05, 0.1) is 0 Å². The van der Waals surface area contributed by atoms with Crippen molar-refractivity contribution in [1.29, 1.82) is 0 Å². The number of carbonyl (C=O) groups excluding carboxylic acids is 1. The van der Waals surface area contributed by atoms with E-state index in [-0.39, 0.29) is 11.9 Å². The van der Waals surface area contributed by atoms with E-state index in [4.69, 9.17) is 5.73 Å². The molecule has 0 aromatic rings. The molecule has 1 aliphatic rings. The number of rotatable bonds is 7. The molecule has 4 nitrogen and oxygen atoms in total. The first-order chi connectivity index (χ1) is 9.08. The second kappa shape index (κ2) is 8.54. The van der Waals surface area contributed by atoms with Gasteiger partial charge < -0.3 is 15.5 Å². The second-order valence-electron chi connectivity index (χ2n) is 5.99. The number of hydrogen-bond donors (Lipinski definition) is 1. The fourth-order valence-corrected chi connectivity index (χ4v) is 2.66. The number of nitrogens with two attached hydrogens (primary N) is 1. The van der Waals surface area contributed by atoms with Gasteiger partial charge in [-0.1, -0.05) is 20.3 Å². The summed E-state index contributed by atoms with van der Waals surface area (Å²) >= 11 is 0. The molecule has 0 aromatic heterocycles. The molecular weight excluding hydrogens is 238 g/mol. The van der Waals surface area contributed by atoms with Gasteiger partial charge in [0.15, 0.2) is 0 Å². The van der Waals surface area contributed by atoms with E-state index in [0.29, 0.717) is 18.9 Å². The van der Waals surface area contributed by atoms with Gasteiger partial charge in [0, 0.05) is 38.6 Å². The Kier molecular flexibility index (Phi) is 7.39. The maximum absolute atomic E-state index is 12.3. The predicted octanol–water partition coefficient (Wildman–Crippen LogP) is 1.69. The molecular formula is C15H31N3O. The van der Waals surface area contributed by atoms with Crippen LogP contribution >= 0.6 is 0 Å². The molecule has 1 rings (SSSR count). The Hall–Kier alpha value is -0.610. The lowest BCUT2D eigenvalue weighted by molar-refractivity contribution is -0.133. The minimum absolute atomic E-state index is 0.184. The number of likely N-dealkylation sites (tertiary alicyclic amines) is 1. The number of nitrogens with zero attached hydrogens (tertiary/aromatic N) is 2. The van der Waals surface area contributed by atoms with Crippen molar-refractivity contribution in [3.05, 3.63) is 0 Å². The van der Waals surface area contributed by atoms with E-state index in [2.05, 4.69) is 25.8 Å². The molecule has 112 valence electrons. The Morgan fingerprint density at radius 1 is 1.32 bits per heavy atom. The van der Waals surface area contributed by atoms with Gasteiger partial charge in [-0.2, -0.15) is 0 Å². The molecule has 1 fully saturated rings. The highest BCUT2D eigenvalue weighted by Crippen LogP contribution is 2.13. The van der Waals surface area contributed by atoms with Crippen molar-refractivity contribution in [1.82, 2.24) is 9.80 Å². The summed E-state index contributed by atoms with van der Waals surface area (Å²) in [5, 5.41) is 0. The van der Waals surface area contributed by atoms with Crippen LogP contribution in [0.25, 0.3) is 0 Å². The van der Waals surface area contributed by atoms with Crippen molar-refractivity contribution in [3.8, 4) is 0 Å². The summed E-state index contributed by atoms with van der Waals surface area (Å²) in [6.07, 6.45) is 5.31. The molecule has 0 saturated carbocycles. The van der Waals surface area contributed by atoms with Crippen LogP contribution in [0.15, 0.2) is 0 Å². The molecule has 1 amide bonds. The number of likely N-dealkylation sites (N-methyl/N-ethyl adjacent to an activating group) is 1. The molecule has 0 bridgehead atoms. The molecule has 0 radical (unpaired) electrons. The van der Waals surface area contributed by atoms with Crippen LogP contribution in [0.2, 0.25) is 0 Å². The van der Waals surface area contributed by atoms with Gasteiger partial charge in [-0.3, -0.25) is 4.79 Å². The highest BCUT2D eigenvalue weighted by Gasteiger charge is 2.23. The first kappa shape index (κ1) is 16.4. The average Bonchev–Trinajstić information content (AvgIpc) is 2.44. The fourth-order valence-electron chi connectivity index (χ4n) is 2.66. The third-order valence-electron chi connectivity index (χ3n) is 4.31. The highest BCUT2D eigenvalue weighted by atomic mass is 16.2. The van der Waals surface area contributed by atoms with Crippen LogP contribution in [0.4, 0.5) is 0 Å². The average molecular weight is 269 g/mol. The van der Waals surface area contributed by atoms with Gasteiger partial charge in [-0.25, -0.2) is 0 Å². The van der Waals surface area contributed by atoms with Crippen molar-refractivity contribution >= 4 is 5.91 Å². The summed E-state index contributed by atoms with van der Waals surface area (Å²) in [6, 6.07) is 0.184.